The lowest BCUT2D eigenvalue weighted by molar-refractivity contribution is 0.176. The Labute approximate surface area is 130 Å². The number of aromatic nitrogens is 3. The van der Waals surface area contributed by atoms with Gasteiger partial charge < -0.3 is 14.4 Å². The minimum absolute atomic E-state index is 0.461. The Kier molecular flexibility index (Phi) is 4.84. The predicted octanol–water partition coefficient (Wildman–Crippen LogP) is 1.68. The highest BCUT2D eigenvalue weighted by molar-refractivity contribution is 5.03. The van der Waals surface area contributed by atoms with Crippen molar-refractivity contribution in [3.63, 3.8) is 0 Å². The van der Waals surface area contributed by atoms with Gasteiger partial charge in [-0.2, -0.15) is 4.98 Å². The summed E-state index contributed by atoms with van der Waals surface area (Å²) in [4.78, 5) is 6.76. The maximum atomic E-state index is 5.17. The van der Waals surface area contributed by atoms with E-state index in [1.54, 1.807) is 0 Å². The molecule has 1 aliphatic rings. The standard InChI is InChI=1S/C15H23N5O2/c1-3-15-17-14(19-22-15)10-20-6-4-5-12(9-20)16-8-13-7-11(2)21-18-13/h7,12,16H,3-6,8-10H2,1-2H3/t12-/m1/s1. The van der Waals surface area contributed by atoms with Crippen LogP contribution in [0.25, 0.3) is 0 Å². The largest absolute Gasteiger partial charge is 0.361 e. The van der Waals surface area contributed by atoms with Crippen molar-refractivity contribution in [2.45, 2.75) is 52.2 Å². The van der Waals surface area contributed by atoms with Crippen LogP contribution in [0.2, 0.25) is 0 Å². The topological polar surface area (TPSA) is 80.2 Å². The highest BCUT2D eigenvalue weighted by atomic mass is 16.5. The Bertz CT molecular complexity index is 594. The predicted molar refractivity (Wildman–Crippen MR) is 80.1 cm³/mol. The normalized spacial score (nSPS) is 19.6. The van der Waals surface area contributed by atoms with E-state index in [-0.39, 0.29) is 0 Å². The number of piperidine rings is 1. The van der Waals surface area contributed by atoms with Crippen LogP contribution < -0.4 is 5.32 Å². The summed E-state index contributed by atoms with van der Waals surface area (Å²) in [6.45, 7) is 7.50. The number of rotatable bonds is 6. The molecule has 2 aromatic heterocycles. The van der Waals surface area contributed by atoms with Crippen molar-refractivity contribution in [1.29, 1.82) is 0 Å². The van der Waals surface area contributed by atoms with Gasteiger partial charge in [-0.05, 0) is 26.3 Å². The quantitative estimate of drug-likeness (QED) is 0.869. The van der Waals surface area contributed by atoms with Gasteiger partial charge in [0.1, 0.15) is 5.76 Å². The van der Waals surface area contributed by atoms with Crippen molar-refractivity contribution in [1.82, 2.24) is 25.5 Å². The van der Waals surface area contributed by atoms with E-state index in [0.717, 1.165) is 49.9 Å². The molecule has 0 radical (unpaired) electrons. The van der Waals surface area contributed by atoms with E-state index >= 15 is 0 Å². The summed E-state index contributed by atoms with van der Waals surface area (Å²) < 4.78 is 10.3. The van der Waals surface area contributed by atoms with Gasteiger partial charge in [0, 0.05) is 31.6 Å². The average Bonchev–Trinajstić information content (AvgIpc) is 3.14. The molecule has 7 nitrogen and oxygen atoms in total. The molecule has 0 aromatic carbocycles. The number of hydrogen-bond acceptors (Lipinski definition) is 7. The molecule has 22 heavy (non-hydrogen) atoms. The molecule has 1 fully saturated rings. The molecule has 2 aromatic rings. The fourth-order valence-electron chi connectivity index (χ4n) is 2.81. The first kappa shape index (κ1) is 15.2. The Morgan fingerprint density at radius 1 is 1.36 bits per heavy atom. The van der Waals surface area contributed by atoms with Crippen molar-refractivity contribution in [3.05, 3.63) is 29.2 Å². The maximum Gasteiger partial charge on any atom is 0.226 e. The summed E-state index contributed by atoms with van der Waals surface area (Å²) in [5.41, 5.74) is 0.959. The second-order valence-electron chi connectivity index (χ2n) is 5.84. The first-order chi connectivity index (χ1) is 10.7. The number of likely N-dealkylation sites (tertiary alicyclic amines) is 1. The van der Waals surface area contributed by atoms with Crippen molar-refractivity contribution in [2.24, 2.45) is 0 Å². The fourth-order valence-corrected chi connectivity index (χ4v) is 2.81. The molecule has 0 unspecified atom stereocenters. The van der Waals surface area contributed by atoms with E-state index in [0.29, 0.717) is 11.9 Å². The molecule has 3 heterocycles. The summed E-state index contributed by atoms with van der Waals surface area (Å²) in [5, 5.41) is 11.6. The molecular weight excluding hydrogens is 282 g/mol. The first-order valence-electron chi connectivity index (χ1n) is 7.92. The SMILES string of the molecule is CCc1nc(CN2CCC[C@@H](NCc3cc(C)on3)C2)no1. The van der Waals surface area contributed by atoms with Crippen LogP contribution in [0.5, 0.6) is 0 Å². The lowest BCUT2D eigenvalue weighted by Gasteiger charge is -2.32. The van der Waals surface area contributed by atoms with Gasteiger partial charge in [0.05, 0.1) is 12.2 Å². The molecule has 0 spiro atoms. The van der Waals surface area contributed by atoms with Gasteiger partial charge in [0.25, 0.3) is 0 Å². The molecule has 3 rings (SSSR count). The number of aryl methyl sites for hydroxylation is 2. The minimum Gasteiger partial charge on any atom is -0.361 e. The molecule has 0 amide bonds. The molecule has 0 saturated carbocycles. The van der Waals surface area contributed by atoms with E-state index in [2.05, 4.69) is 25.5 Å². The van der Waals surface area contributed by atoms with Crippen molar-refractivity contribution < 1.29 is 9.05 Å². The summed E-state index contributed by atoms with van der Waals surface area (Å²) in [6, 6.07) is 2.43. The summed E-state index contributed by atoms with van der Waals surface area (Å²) in [7, 11) is 0. The van der Waals surface area contributed by atoms with Crippen molar-refractivity contribution >= 4 is 0 Å². The van der Waals surface area contributed by atoms with Crippen LogP contribution in [-0.2, 0) is 19.5 Å². The lowest BCUT2D eigenvalue weighted by Crippen LogP contribution is -2.45. The Morgan fingerprint density at radius 3 is 3.00 bits per heavy atom. The number of nitrogens with one attached hydrogen (secondary N) is 1. The summed E-state index contributed by atoms with van der Waals surface area (Å²) in [6.07, 6.45) is 3.14. The zero-order valence-corrected chi connectivity index (χ0v) is 13.2. The third kappa shape index (κ3) is 3.92. The van der Waals surface area contributed by atoms with E-state index < -0.39 is 0 Å². The molecule has 0 aliphatic carbocycles. The molecule has 1 N–H and O–H groups in total. The monoisotopic (exact) mass is 305 g/mol. The molecule has 1 atom stereocenters. The second-order valence-corrected chi connectivity index (χ2v) is 5.84. The minimum atomic E-state index is 0.461. The Balaban J connectivity index is 1.48. The van der Waals surface area contributed by atoms with E-state index in [9.17, 15) is 0 Å². The molecule has 1 saturated heterocycles. The fraction of sp³-hybridized carbons (Fsp3) is 0.667. The van der Waals surface area contributed by atoms with Gasteiger partial charge in [-0.3, -0.25) is 4.90 Å². The highest BCUT2D eigenvalue weighted by Gasteiger charge is 2.21. The van der Waals surface area contributed by atoms with E-state index in [4.69, 9.17) is 9.05 Å². The van der Waals surface area contributed by atoms with Gasteiger partial charge in [0.15, 0.2) is 5.82 Å². The Morgan fingerprint density at radius 2 is 2.27 bits per heavy atom. The van der Waals surface area contributed by atoms with Gasteiger partial charge in [-0.15, -0.1) is 0 Å². The van der Waals surface area contributed by atoms with Crippen LogP contribution >= 0.6 is 0 Å². The van der Waals surface area contributed by atoms with Crippen LogP contribution in [0.15, 0.2) is 15.1 Å². The van der Waals surface area contributed by atoms with Gasteiger partial charge in [-0.25, -0.2) is 0 Å². The van der Waals surface area contributed by atoms with Crippen LogP contribution in [0.3, 0.4) is 0 Å². The molecule has 0 bridgehead atoms. The van der Waals surface area contributed by atoms with Gasteiger partial charge >= 0.3 is 0 Å². The smallest absolute Gasteiger partial charge is 0.226 e. The summed E-state index contributed by atoms with van der Waals surface area (Å²) >= 11 is 0. The van der Waals surface area contributed by atoms with Gasteiger partial charge in [0.2, 0.25) is 5.89 Å². The second kappa shape index (κ2) is 7.02. The zero-order valence-electron chi connectivity index (χ0n) is 13.2. The third-order valence-electron chi connectivity index (χ3n) is 3.93. The van der Waals surface area contributed by atoms with Crippen LogP contribution in [0.1, 0.15) is 42.9 Å². The lowest BCUT2D eigenvalue weighted by atomic mass is 10.1. The van der Waals surface area contributed by atoms with Crippen LogP contribution in [0, 0.1) is 6.92 Å². The van der Waals surface area contributed by atoms with Crippen LogP contribution in [0.4, 0.5) is 0 Å². The maximum absolute atomic E-state index is 5.17. The molecular formula is C15H23N5O2. The molecule has 7 heteroatoms. The zero-order chi connectivity index (χ0) is 15.4. The summed E-state index contributed by atoms with van der Waals surface area (Å²) in [5.74, 6) is 2.35. The van der Waals surface area contributed by atoms with Gasteiger partial charge in [-0.1, -0.05) is 17.2 Å². The van der Waals surface area contributed by atoms with Crippen molar-refractivity contribution in [3.8, 4) is 0 Å². The van der Waals surface area contributed by atoms with Crippen LogP contribution in [-0.4, -0.2) is 39.3 Å². The van der Waals surface area contributed by atoms with E-state index in [1.807, 2.05) is 19.9 Å². The number of nitrogens with zero attached hydrogens (tertiary/aromatic N) is 4. The average molecular weight is 305 g/mol. The Hall–Kier alpha value is -1.73. The molecule has 1 aliphatic heterocycles. The third-order valence-corrected chi connectivity index (χ3v) is 3.93. The first-order valence-corrected chi connectivity index (χ1v) is 7.92. The number of hydrogen-bond donors (Lipinski definition) is 1. The van der Waals surface area contributed by atoms with E-state index in [1.165, 1.54) is 12.8 Å². The highest BCUT2D eigenvalue weighted by Crippen LogP contribution is 2.13. The van der Waals surface area contributed by atoms with Crippen molar-refractivity contribution in [2.75, 3.05) is 13.1 Å². The molecule has 120 valence electrons.